The van der Waals surface area contributed by atoms with Gasteiger partial charge in [0.05, 0.1) is 0 Å². The number of aldehydes is 1. The van der Waals surface area contributed by atoms with Gasteiger partial charge in [0, 0.05) is 17.5 Å². The van der Waals surface area contributed by atoms with Crippen LogP contribution in [0, 0.1) is 0 Å². The number of carbonyl (C=O) groups is 1. The Morgan fingerprint density at radius 1 is 1.38 bits per heavy atom. The largest absolute Gasteiger partial charge is 0.373 e. The van der Waals surface area contributed by atoms with Crippen molar-refractivity contribution < 1.29 is 9.53 Å². The van der Waals surface area contributed by atoms with Crippen LogP contribution in [0.25, 0.3) is 0 Å². The Balaban J connectivity index is 2.34. The summed E-state index contributed by atoms with van der Waals surface area (Å²) >= 11 is 5.87. The molecule has 3 heteroatoms. The minimum atomic E-state index is -0.345. The van der Waals surface area contributed by atoms with E-state index in [-0.39, 0.29) is 11.5 Å². The van der Waals surface area contributed by atoms with Crippen LogP contribution in [0.4, 0.5) is 0 Å². The van der Waals surface area contributed by atoms with Crippen molar-refractivity contribution in [3.8, 4) is 0 Å². The van der Waals surface area contributed by atoms with Crippen molar-refractivity contribution in [3.63, 3.8) is 0 Å². The van der Waals surface area contributed by atoms with E-state index in [0.717, 1.165) is 36.1 Å². The maximum Gasteiger partial charge on any atom is 0.149 e. The topological polar surface area (TPSA) is 26.3 Å². The molecule has 2 rings (SSSR count). The molecular weight excluding hydrogens is 224 g/mol. The highest BCUT2D eigenvalue weighted by Gasteiger charge is 2.45. The monoisotopic (exact) mass is 238 g/mol. The van der Waals surface area contributed by atoms with Crippen LogP contribution in [0.15, 0.2) is 24.3 Å². The Morgan fingerprint density at radius 3 is 2.38 bits per heavy atom. The fraction of sp³-hybridized carbons (Fsp3) is 0.462. The number of benzene rings is 1. The number of halogens is 1. The summed E-state index contributed by atoms with van der Waals surface area (Å²) < 4.78 is 5.29. The van der Waals surface area contributed by atoms with Gasteiger partial charge in [-0.25, -0.2) is 0 Å². The van der Waals surface area contributed by atoms with Crippen molar-refractivity contribution in [1.29, 1.82) is 0 Å². The first kappa shape index (κ1) is 11.6. The van der Waals surface area contributed by atoms with Gasteiger partial charge in [-0.05, 0) is 30.5 Å². The quantitative estimate of drug-likeness (QED) is 0.754. The Hall–Kier alpha value is -0.860. The van der Waals surface area contributed by atoms with E-state index in [0.29, 0.717) is 0 Å². The highest BCUT2D eigenvalue weighted by molar-refractivity contribution is 6.30. The van der Waals surface area contributed by atoms with E-state index >= 15 is 0 Å². The van der Waals surface area contributed by atoms with E-state index in [1.807, 2.05) is 24.3 Å². The molecule has 0 bridgehead atoms. The summed E-state index contributed by atoms with van der Waals surface area (Å²) in [5, 5.41) is 0.721. The highest BCUT2D eigenvalue weighted by atomic mass is 35.5. The molecule has 0 radical (unpaired) electrons. The number of rotatable bonds is 4. The summed E-state index contributed by atoms with van der Waals surface area (Å²) in [5.41, 5.74) is 1.03. The van der Waals surface area contributed by atoms with Crippen molar-refractivity contribution in [1.82, 2.24) is 0 Å². The number of hydrogen-bond acceptors (Lipinski definition) is 2. The van der Waals surface area contributed by atoms with Crippen LogP contribution in [0.3, 0.4) is 0 Å². The molecule has 0 N–H and O–H groups in total. The van der Waals surface area contributed by atoms with Gasteiger partial charge in [0.15, 0.2) is 0 Å². The van der Waals surface area contributed by atoms with E-state index in [9.17, 15) is 4.79 Å². The van der Waals surface area contributed by atoms with E-state index in [1.54, 1.807) is 7.11 Å². The Bertz CT molecular complexity index is 368. The molecule has 0 amide bonds. The number of carbonyl (C=O) groups excluding carboxylic acids is 1. The molecule has 1 aliphatic carbocycles. The molecule has 1 saturated carbocycles. The molecule has 1 aromatic rings. The normalized spacial score (nSPS) is 19.9. The second-order valence-corrected chi connectivity index (χ2v) is 4.75. The molecule has 16 heavy (non-hydrogen) atoms. The van der Waals surface area contributed by atoms with Crippen molar-refractivity contribution in [2.45, 2.75) is 30.8 Å². The van der Waals surface area contributed by atoms with Crippen molar-refractivity contribution in [2.75, 3.05) is 7.11 Å². The zero-order chi connectivity index (χ0) is 11.6. The lowest BCUT2D eigenvalue weighted by Crippen LogP contribution is -2.47. The van der Waals surface area contributed by atoms with E-state index in [4.69, 9.17) is 16.3 Å². The van der Waals surface area contributed by atoms with Crippen molar-refractivity contribution in [3.05, 3.63) is 34.9 Å². The van der Waals surface area contributed by atoms with E-state index in [1.165, 1.54) is 0 Å². The minimum Gasteiger partial charge on any atom is -0.373 e. The van der Waals surface area contributed by atoms with Gasteiger partial charge in [-0.1, -0.05) is 30.2 Å². The van der Waals surface area contributed by atoms with Crippen LogP contribution >= 0.6 is 11.6 Å². The second kappa shape index (κ2) is 4.56. The summed E-state index contributed by atoms with van der Waals surface area (Å²) in [6, 6.07) is 7.73. The standard InChI is InChI=1S/C13H15ClO2/c1-16-12(9-15)13(7-2-8-13)10-3-5-11(14)6-4-10/h3-6,9,12H,2,7-8H2,1H3. The van der Waals surface area contributed by atoms with E-state index < -0.39 is 0 Å². The molecule has 2 nitrogen and oxygen atoms in total. The fourth-order valence-electron chi connectivity index (χ4n) is 2.49. The molecule has 0 aromatic heterocycles. The molecular formula is C13H15ClO2. The summed E-state index contributed by atoms with van der Waals surface area (Å²) in [6.45, 7) is 0. The lowest BCUT2D eigenvalue weighted by molar-refractivity contribution is -0.123. The first-order chi connectivity index (χ1) is 7.73. The van der Waals surface area contributed by atoms with Gasteiger partial charge in [-0.15, -0.1) is 0 Å². The van der Waals surface area contributed by atoms with Gasteiger partial charge in [0.25, 0.3) is 0 Å². The first-order valence-electron chi connectivity index (χ1n) is 5.47. The average Bonchev–Trinajstić information content (AvgIpc) is 2.25. The zero-order valence-corrected chi connectivity index (χ0v) is 10.0. The summed E-state index contributed by atoms with van der Waals surface area (Å²) in [4.78, 5) is 11.1. The van der Waals surface area contributed by atoms with Gasteiger partial charge in [-0.3, -0.25) is 0 Å². The Labute approximate surface area is 101 Å². The zero-order valence-electron chi connectivity index (χ0n) is 9.28. The lowest BCUT2D eigenvalue weighted by atomic mass is 9.61. The third-order valence-electron chi connectivity index (χ3n) is 3.59. The lowest BCUT2D eigenvalue weighted by Gasteiger charge is -2.45. The molecule has 86 valence electrons. The SMILES string of the molecule is COC(C=O)C1(c2ccc(Cl)cc2)CCC1. The third kappa shape index (κ3) is 1.76. The smallest absolute Gasteiger partial charge is 0.149 e. The van der Waals surface area contributed by atoms with Gasteiger partial charge < -0.3 is 9.53 Å². The van der Waals surface area contributed by atoms with Crippen LogP contribution in [0.5, 0.6) is 0 Å². The predicted octanol–water partition coefficient (Wildman–Crippen LogP) is 2.98. The number of ether oxygens (including phenoxy) is 1. The molecule has 0 spiro atoms. The van der Waals surface area contributed by atoms with Crippen LogP contribution in [0.2, 0.25) is 5.02 Å². The summed E-state index contributed by atoms with van der Waals surface area (Å²) in [5.74, 6) is 0. The Morgan fingerprint density at radius 2 is 2.00 bits per heavy atom. The molecule has 1 unspecified atom stereocenters. The van der Waals surface area contributed by atoms with Crippen LogP contribution < -0.4 is 0 Å². The van der Waals surface area contributed by atoms with Gasteiger partial charge >= 0.3 is 0 Å². The minimum absolute atomic E-state index is 0.124. The van der Waals surface area contributed by atoms with E-state index in [2.05, 4.69) is 0 Å². The van der Waals surface area contributed by atoms with Crippen molar-refractivity contribution >= 4 is 17.9 Å². The van der Waals surface area contributed by atoms with Crippen molar-refractivity contribution in [2.24, 2.45) is 0 Å². The van der Waals surface area contributed by atoms with Gasteiger partial charge in [0.1, 0.15) is 12.4 Å². The molecule has 0 saturated heterocycles. The molecule has 1 aliphatic rings. The summed E-state index contributed by atoms with van der Waals surface area (Å²) in [7, 11) is 1.59. The molecule has 1 fully saturated rings. The molecule has 0 heterocycles. The number of methoxy groups -OCH3 is 1. The molecule has 0 aliphatic heterocycles. The Kier molecular flexibility index (Phi) is 3.31. The first-order valence-corrected chi connectivity index (χ1v) is 5.85. The number of hydrogen-bond donors (Lipinski definition) is 0. The fourth-order valence-corrected chi connectivity index (χ4v) is 2.61. The predicted molar refractivity (Wildman–Crippen MR) is 63.8 cm³/mol. The van der Waals surface area contributed by atoms with Crippen LogP contribution in [-0.2, 0) is 14.9 Å². The highest BCUT2D eigenvalue weighted by Crippen LogP contribution is 2.47. The third-order valence-corrected chi connectivity index (χ3v) is 3.84. The van der Waals surface area contributed by atoms with Gasteiger partial charge in [0.2, 0.25) is 0 Å². The second-order valence-electron chi connectivity index (χ2n) is 4.31. The summed E-state index contributed by atoms with van der Waals surface area (Å²) in [6.07, 6.45) is 3.73. The molecule has 1 aromatic carbocycles. The average molecular weight is 239 g/mol. The maximum atomic E-state index is 11.1. The molecule has 1 atom stereocenters. The maximum absolute atomic E-state index is 11.1. The van der Waals surface area contributed by atoms with Gasteiger partial charge in [-0.2, -0.15) is 0 Å². The van der Waals surface area contributed by atoms with Crippen LogP contribution in [-0.4, -0.2) is 19.5 Å². The van der Waals surface area contributed by atoms with Crippen LogP contribution in [0.1, 0.15) is 24.8 Å².